The Bertz CT molecular complexity index is 1160. The molecule has 1 aromatic carbocycles. The Morgan fingerprint density at radius 1 is 1.15 bits per heavy atom. The van der Waals surface area contributed by atoms with Crippen LogP contribution in [0.25, 0.3) is 11.2 Å². The number of nitrogens with two attached hydrogens (primary N) is 1. The maximum atomic E-state index is 13.1. The van der Waals surface area contributed by atoms with Crippen molar-refractivity contribution >= 4 is 29.0 Å². The quantitative estimate of drug-likeness (QED) is 0.414. The molecule has 2 atom stereocenters. The first-order valence-corrected chi connectivity index (χ1v) is 11.4. The molecular weight excluding hydrogens is 436 g/mol. The molecule has 0 aliphatic carbocycles. The normalized spacial score (nSPS) is 18.3. The number of amides is 1. The van der Waals surface area contributed by atoms with Gasteiger partial charge in [-0.25, -0.2) is 24.5 Å². The molecule has 0 unspecified atom stereocenters. The van der Waals surface area contributed by atoms with Gasteiger partial charge in [-0.2, -0.15) is 0 Å². The van der Waals surface area contributed by atoms with Gasteiger partial charge in [-0.15, -0.1) is 0 Å². The minimum Gasteiger partial charge on any atom is -0.444 e. The van der Waals surface area contributed by atoms with Gasteiger partial charge in [0.15, 0.2) is 17.7 Å². The number of cyclic esters (lactones) is 1. The van der Waals surface area contributed by atoms with Gasteiger partial charge in [0.05, 0.1) is 6.33 Å². The van der Waals surface area contributed by atoms with Crippen LogP contribution in [0.3, 0.4) is 0 Å². The number of aryl methyl sites for hydroxylation is 1. The van der Waals surface area contributed by atoms with Gasteiger partial charge in [0.1, 0.15) is 24.5 Å². The highest BCUT2D eigenvalue weighted by molar-refractivity contribution is 5.84. The molecule has 1 aliphatic heterocycles. The Hall–Kier alpha value is -3.69. The summed E-state index contributed by atoms with van der Waals surface area (Å²) < 4.78 is 13.1. The van der Waals surface area contributed by atoms with Crippen molar-refractivity contribution in [1.82, 2.24) is 24.4 Å². The molecule has 1 aliphatic rings. The average Bonchev–Trinajstić information content (AvgIpc) is 3.37. The van der Waals surface area contributed by atoms with E-state index in [-0.39, 0.29) is 6.61 Å². The molecular formula is C24H30N6O4. The zero-order chi connectivity index (χ0) is 24.3. The van der Waals surface area contributed by atoms with E-state index in [4.69, 9.17) is 15.2 Å². The average molecular weight is 467 g/mol. The number of hydrogen-bond donors (Lipinski definition) is 1. The van der Waals surface area contributed by atoms with E-state index >= 15 is 0 Å². The van der Waals surface area contributed by atoms with Crippen LogP contribution in [0.15, 0.2) is 43.0 Å². The Morgan fingerprint density at radius 2 is 1.91 bits per heavy atom. The maximum Gasteiger partial charge on any atom is 0.413 e. The van der Waals surface area contributed by atoms with Gasteiger partial charge in [-0.1, -0.05) is 51.1 Å². The maximum absolute atomic E-state index is 13.1. The molecule has 2 N–H and O–H groups in total. The number of ether oxygens (including phenoxy) is 2. The summed E-state index contributed by atoms with van der Waals surface area (Å²) in [4.78, 5) is 39.7. The van der Waals surface area contributed by atoms with Crippen molar-refractivity contribution in [2.24, 2.45) is 5.41 Å². The Morgan fingerprint density at radius 3 is 2.65 bits per heavy atom. The lowest BCUT2D eigenvalue weighted by atomic mass is 9.93. The molecule has 1 saturated heterocycles. The number of nitrogens with zero attached hydrogens (tertiary/aromatic N) is 5. The lowest BCUT2D eigenvalue weighted by Gasteiger charge is -2.33. The summed E-state index contributed by atoms with van der Waals surface area (Å²) in [7, 11) is 0. The highest BCUT2D eigenvalue weighted by Crippen LogP contribution is 2.35. The van der Waals surface area contributed by atoms with Gasteiger partial charge in [0.25, 0.3) is 0 Å². The lowest BCUT2D eigenvalue weighted by Crippen LogP contribution is -2.48. The van der Waals surface area contributed by atoms with Crippen LogP contribution in [0.2, 0.25) is 0 Å². The number of carbonyl (C=O) groups excluding carboxylic acids is 2. The van der Waals surface area contributed by atoms with E-state index in [0.29, 0.717) is 36.4 Å². The van der Waals surface area contributed by atoms with Crippen molar-refractivity contribution in [2.75, 3.05) is 5.73 Å². The Labute approximate surface area is 198 Å². The summed E-state index contributed by atoms with van der Waals surface area (Å²) in [6.07, 6.45) is 3.78. The summed E-state index contributed by atoms with van der Waals surface area (Å²) in [5.74, 6) is -0.0551. The third-order valence-corrected chi connectivity index (χ3v) is 5.80. The van der Waals surface area contributed by atoms with Crippen LogP contribution in [-0.2, 0) is 27.4 Å². The second-order valence-corrected chi connectivity index (χ2v) is 9.48. The number of rotatable bonds is 7. The fourth-order valence-electron chi connectivity index (χ4n) is 4.07. The first-order valence-electron chi connectivity index (χ1n) is 11.4. The molecule has 0 radical (unpaired) electrons. The summed E-state index contributed by atoms with van der Waals surface area (Å²) in [6, 6.07) is 8.75. The van der Waals surface area contributed by atoms with E-state index in [1.165, 1.54) is 11.2 Å². The van der Waals surface area contributed by atoms with Gasteiger partial charge in [0.2, 0.25) is 0 Å². The summed E-state index contributed by atoms with van der Waals surface area (Å²) in [5.41, 5.74) is 7.52. The Kier molecular flexibility index (Phi) is 6.67. The number of esters is 1. The molecule has 34 heavy (non-hydrogen) atoms. The van der Waals surface area contributed by atoms with E-state index in [2.05, 4.69) is 15.0 Å². The van der Waals surface area contributed by atoms with E-state index < -0.39 is 29.7 Å². The third-order valence-electron chi connectivity index (χ3n) is 5.80. The predicted molar refractivity (Wildman–Crippen MR) is 125 cm³/mol. The van der Waals surface area contributed by atoms with Crippen LogP contribution in [0.5, 0.6) is 0 Å². The number of anilines is 1. The molecule has 180 valence electrons. The highest BCUT2D eigenvalue weighted by atomic mass is 16.6. The number of imidazole rings is 1. The molecule has 3 aromatic rings. The van der Waals surface area contributed by atoms with Crippen LogP contribution in [-0.4, -0.2) is 48.8 Å². The van der Waals surface area contributed by atoms with Gasteiger partial charge >= 0.3 is 12.1 Å². The summed E-state index contributed by atoms with van der Waals surface area (Å²) >= 11 is 0. The standard InChI is InChI=1S/C24H30N6O4/c1-24(2,3)22-30(23(32)33-13-16-9-5-4-6-10-16)17(21(31)34-22)11-7-8-12-29-15-28-18-19(25)26-14-27-20(18)29/h4-6,9-10,14-15,17,22H,7-8,11-13H2,1-3H3,(H2,25,26,27)/t17-,22-/m0/s1. The topological polar surface area (TPSA) is 125 Å². The van der Waals surface area contributed by atoms with E-state index in [0.717, 1.165) is 12.0 Å². The number of carbonyl (C=O) groups is 2. The summed E-state index contributed by atoms with van der Waals surface area (Å²) in [5, 5.41) is 0. The molecule has 10 nitrogen and oxygen atoms in total. The molecule has 0 bridgehead atoms. The van der Waals surface area contributed by atoms with E-state index in [1.54, 1.807) is 6.33 Å². The van der Waals surface area contributed by atoms with Crippen molar-refractivity contribution in [3.05, 3.63) is 48.5 Å². The second-order valence-electron chi connectivity index (χ2n) is 9.48. The fraction of sp³-hybridized carbons (Fsp3) is 0.458. The largest absolute Gasteiger partial charge is 0.444 e. The third kappa shape index (κ3) is 4.95. The van der Waals surface area contributed by atoms with Gasteiger partial charge in [-0.05, 0) is 24.8 Å². The minimum absolute atomic E-state index is 0.132. The van der Waals surface area contributed by atoms with Crippen LogP contribution in [0, 0.1) is 5.41 Å². The van der Waals surface area contributed by atoms with Gasteiger partial charge in [-0.3, -0.25) is 4.90 Å². The lowest BCUT2D eigenvalue weighted by molar-refractivity contribution is -0.147. The van der Waals surface area contributed by atoms with Gasteiger partial charge in [0, 0.05) is 12.0 Å². The van der Waals surface area contributed by atoms with Gasteiger partial charge < -0.3 is 19.8 Å². The number of nitrogen functional groups attached to an aromatic ring is 1. The zero-order valence-corrected chi connectivity index (χ0v) is 19.7. The highest BCUT2D eigenvalue weighted by Gasteiger charge is 2.50. The Balaban J connectivity index is 1.40. The number of hydrogen-bond acceptors (Lipinski definition) is 8. The number of fused-ring (bicyclic) bond motifs is 1. The van der Waals surface area contributed by atoms with Crippen LogP contribution >= 0.6 is 0 Å². The summed E-state index contributed by atoms with van der Waals surface area (Å²) in [6.45, 7) is 6.58. The smallest absolute Gasteiger partial charge is 0.413 e. The van der Waals surface area contributed by atoms with Crippen LogP contribution < -0.4 is 5.73 Å². The van der Waals surface area contributed by atoms with E-state index in [9.17, 15) is 9.59 Å². The van der Waals surface area contributed by atoms with Crippen molar-refractivity contribution < 1.29 is 19.1 Å². The molecule has 1 amide bonds. The molecule has 0 spiro atoms. The fourth-order valence-corrected chi connectivity index (χ4v) is 4.07. The van der Waals surface area contributed by atoms with Crippen molar-refractivity contribution in [2.45, 2.75) is 65.5 Å². The molecule has 3 heterocycles. The molecule has 0 saturated carbocycles. The number of benzene rings is 1. The van der Waals surface area contributed by atoms with Crippen LogP contribution in [0.1, 0.15) is 45.6 Å². The SMILES string of the molecule is CC(C)(C)[C@@H]1OC(=O)[C@H](CCCCn2cnc3c(N)ncnc32)N1C(=O)OCc1ccccc1. The van der Waals surface area contributed by atoms with Crippen molar-refractivity contribution in [1.29, 1.82) is 0 Å². The zero-order valence-electron chi connectivity index (χ0n) is 19.7. The minimum atomic E-state index is -0.690. The predicted octanol–water partition coefficient (Wildman–Crippen LogP) is 3.52. The van der Waals surface area contributed by atoms with Crippen molar-refractivity contribution in [3.8, 4) is 0 Å². The monoisotopic (exact) mass is 466 g/mol. The van der Waals surface area contributed by atoms with Crippen LogP contribution in [0.4, 0.5) is 10.6 Å². The molecule has 4 rings (SSSR count). The first-order chi connectivity index (χ1) is 16.3. The molecule has 1 fully saturated rings. The van der Waals surface area contributed by atoms with Crippen molar-refractivity contribution in [3.63, 3.8) is 0 Å². The second kappa shape index (κ2) is 9.66. The number of unbranched alkanes of at least 4 members (excludes halogenated alkanes) is 1. The number of aromatic nitrogens is 4. The molecule has 2 aromatic heterocycles. The first kappa shape index (κ1) is 23.5. The molecule has 10 heteroatoms. The van der Waals surface area contributed by atoms with E-state index in [1.807, 2.05) is 55.7 Å².